The Labute approximate surface area is 107 Å². The molecule has 1 N–H and O–H groups in total. The minimum atomic E-state index is -0.791. The van der Waals surface area contributed by atoms with Gasteiger partial charge < -0.3 is 14.6 Å². The monoisotopic (exact) mass is 250 g/mol. The van der Waals surface area contributed by atoms with E-state index in [-0.39, 0.29) is 0 Å². The molecule has 1 saturated carbocycles. The second-order valence-corrected chi connectivity index (χ2v) is 4.67. The molecule has 0 unspecified atom stereocenters. The molecule has 1 aromatic carbocycles. The summed E-state index contributed by atoms with van der Waals surface area (Å²) in [4.78, 5) is 11.6. The maximum atomic E-state index is 11.6. The van der Waals surface area contributed by atoms with E-state index in [0.29, 0.717) is 25.2 Å². The molecule has 0 spiro atoms. The molecule has 0 radical (unpaired) electrons. The first-order valence-electron chi connectivity index (χ1n) is 6.04. The van der Waals surface area contributed by atoms with Gasteiger partial charge in [-0.05, 0) is 24.5 Å². The lowest BCUT2D eigenvalue weighted by Crippen LogP contribution is -2.43. The van der Waals surface area contributed by atoms with Crippen molar-refractivity contribution in [1.29, 1.82) is 0 Å². The Hall–Kier alpha value is -1.55. The van der Waals surface area contributed by atoms with Gasteiger partial charge in [-0.2, -0.15) is 0 Å². The van der Waals surface area contributed by atoms with E-state index < -0.39 is 11.4 Å². The van der Waals surface area contributed by atoms with Gasteiger partial charge in [0.25, 0.3) is 0 Å². The van der Waals surface area contributed by atoms with Crippen molar-refractivity contribution in [3.05, 3.63) is 29.3 Å². The summed E-state index contributed by atoms with van der Waals surface area (Å²) >= 11 is 0. The number of benzene rings is 1. The molecule has 98 valence electrons. The first-order valence-corrected chi connectivity index (χ1v) is 6.04. The summed E-state index contributed by atoms with van der Waals surface area (Å²) in [6.45, 7) is 0.404. The number of hydrogen-bond donors (Lipinski definition) is 1. The molecule has 2 rings (SSSR count). The summed E-state index contributed by atoms with van der Waals surface area (Å²) in [6, 6.07) is 5.59. The predicted octanol–water partition coefficient (Wildman–Crippen LogP) is 2.35. The van der Waals surface area contributed by atoms with Crippen LogP contribution in [0.5, 0.6) is 5.75 Å². The van der Waals surface area contributed by atoms with Crippen LogP contribution in [0.4, 0.5) is 0 Å². The van der Waals surface area contributed by atoms with Crippen LogP contribution in [0.25, 0.3) is 0 Å². The summed E-state index contributed by atoms with van der Waals surface area (Å²) in [5.41, 5.74) is 0.896. The standard InChI is InChI=1S/C14H18O4/c1-17-9-10-5-3-6-11(18-2)12(10)14(13(15)16)7-4-8-14/h3,5-6H,4,7-9H2,1-2H3,(H,15,16). The third-order valence-corrected chi connectivity index (χ3v) is 3.73. The highest BCUT2D eigenvalue weighted by molar-refractivity contribution is 5.84. The molecule has 4 heteroatoms. The Morgan fingerprint density at radius 3 is 2.56 bits per heavy atom. The first kappa shape index (κ1) is 12.9. The topological polar surface area (TPSA) is 55.8 Å². The van der Waals surface area contributed by atoms with Gasteiger partial charge in [-0.25, -0.2) is 0 Å². The molecule has 1 aliphatic rings. The highest BCUT2D eigenvalue weighted by atomic mass is 16.5. The second-order valence-electron chi connectivity index (χ2n) is 4.67. The van der Waals surface area contributed by atoms with E-state index in [2.05, 4.69) is 0 Å². The number of aliphatic carboxylic acids is 1. The van der Waals surface area contributed by atoms with Gasteiger partial charge in [0.1, 0.15) is 5.75 Å². The van der Waals surface area contributed by atoms with Crippen LogP contribution in [-0.2, 0) is 21.6 Å². The zero-order valence-corrected chi connectivity index (χ0v) is 10.7. The molecule has 0 aliphatic heterocycles. The van der Waals surface area contributed by atoms with Crippen LogP contribution >= 0.6 is 0 Å². The van der Waals surface area contributed by atoms with Gasteiger partial charge in [-0.3, -0.25) is 4.79 Å². The zero-order valence-electron chi connectivity index (χ0n) is 10.7. The van der Waals surface area contributed by atoms with Crippen molar-refractivity contribution in [3.8, 4) is 5.75 Å². The van der Waals surface area contributed by atoms with E-state index in [9.17, 15) is 9.90 Å². The van der Waals surface area contributed by atoms with Gasteiger partial charge in [0.2, 0.25) is 0 Å². The number of methoxy groups -OCH3 is 2. The van der Waals surface area contributed by atoms with Crippen molar-refractivity contribution in [2.45, 2.75) is 31.3 Å². The maximum absolute atomic E-state index is 11.6. The van der Waals surface area contributed by atoms with Gasteiger partial charge in [-0.15, -0.1) is 0 Å². The molecule has 1 fully saturated rings. The smallest absolute Gasteiger partial charge is 0.314 e. The van der Waals surface area contributed by atoms with E-state index in [1.54, 1.807) is 14.2 Å². The summed E-state index contributed by atoms with van der Waals surface area (Å²) in [7, 11) is 3.18. The minimum absolute atomic E-state index is 0.404. The average molecular weight is 250 g/mol. The Bertz CT molecular complexity index is 449. The van der Waals surface area contributed by atoms with Crippen molar-refractivity contribution in [2.75, 3.05) is 14.2 Å². The molecule has 1 aromatic rings. The summed E-state index contributed by atoms with van der Waals surface area (Å²) in [5.74, 6) is -0.123. The van der Waals surface area contributed by atoms with Crippen LogP contribution in [0.1, 0.15) is 30.4 Å². The number of ether oxygens (including phenoxy) is 2. The fraction of sp³-hybridized carbons (Fsp3) is 0.500. The highest BCUT2D eigenvalue weighted by Crippen LogP contribution is 2.48. The maximum Gasteiger partial charge on any atom is 0.314 e. The zero-order chi connectivity index (χ0) is 13.2. The van der Waals surface area contributed by atoms with Gasteiger partial charge in [0.05, 0.1) is 19.1 Å². The lowest BCUT2D eigenvalue weighted by Gasteiger charge is -2.40. The number of carbonyl (C=O) groups is 1. The van der Waals surface area contributed by atoms with Gasteiger partial charge in [0.15, 0.2) is 0 Å². The fourth-order valence-electron chi connectivity index (χ4n) is 2.67. The lowest BCUT2D eigenvalue weighted by atomic mass is 9.63. The van der Waals surface area contributed by atoms with E-state index >= 15 is 0 Å². The number of carboxylic acids is 1. The van der Waals surface area contributed by atoms with E-state index in [1.165, 1.54) is 0 Å². The minimum Gasteiger partial charge on any atom is -0.496 e. The molecule has 1 aliphatic carbocycles. The lowest BCUT2D eigenvalue weighted by molar-refractivity contribution is -0.147. The molecule has 0 heterocycles. The predicted molar refractivity (Wildman–Crippen MR) is 66.9 cm³/mol. The molecule has 18 heavy (non-hydrogen) atoms. The highest BCUT2D eigenvalue weighted by Gasteiger charge is 2.48. The summed E-state index contributed by atoms with van der Waals surface area (Å²) < 4.78 is 10.5. The van der Waals surface area contributed by atoms with Crippen molar-refractivity contribution in [3.63, 3.8) is 0 Å². The van der Waals surface area contributed by atoms with Crippen LogP contribution in [0, 0.1) is 0 Å². The number of rotatable bonds is 5. The molecule has 0 bridgehead atoms. The van der Waals surface area contributed by atoms with Gasteiger partial charge in [0, 0.05) is 12.7 Å². The average Bonchev–Trinajstić information content (AvgIpc) is 2.29. The summed E-state index contributed by atoms with van der Waals surface area (Å²) in [6.07, 6.45) is 2.27. The fourth-order valence-corrected chi connectivity index (χ4v) is 2.67. The van der Waals surface area contributed by atoms with Crippen molar-refractivity contribution in [1.82, 2.24) is 0 Å². The van der Waals surface area contributed by atoms with Gasteiger partial charge in [-0.1, -0.05) is 18.6 Å². The third kappa shape index (κ3) is 1.86. The molecule has 0 saturated heterocycles. The van der Waals surface area contributed by atoms with E-state index in [0.717, 1.165) is 17.5 Å². The van der Waals surface area contributed by atoms with Crippen LogP contribution in [0.15, 0.2) is 18.2 Å². The number of hydrogen-bond acceptors (Lipinski definition) is 3. The van der Waals surface area contributed by atoms with Crippen molar-refractivity contribution >= 4 is 5.97 Å². The second kappa shape index (κ2) is 4.98. The van der Waals surface area contributed by atoms with E-state index in [4.69, 9.17) is 9.47 Å². The SMILES string of the molecule is COCc1cccc(OC)c1C1(C(=O)O)CCC1. The van der Waals surface area contributed by atoms with Crippen molar-refractivity contribution in [2.24, 2.45) is 0 Å². The first-order chi connectivity index (χ1) is 8.65. The summed E-state index contributed by atoms with van der Waals surface area (Å²) in [5, 5.41) is 9.55. The van der Waals surface area contributed by atoms with Crippen LogP contribution < -0.4 is 4.74 Å². The van der Waals surface area contributed by atoms with E-state index in [1.807, 2.05) is 18.2 Å². The Morgan fingerprint density at radius 2 is 2.11 bits per heavy atom. The normalized spacial score (nSPS) is 17.0. The quantitative estimate of drug-likeness (QED) is 0.871. The molecular weight excluding hydrogens is 232 g/mol. The molecular formula is C14H18O4. The van der Waals surface area contributed by atoms with Crippen LogP contribution in [0.3, 0.4) is 0 Å². The Balaban J connectivity index is 2.55. The number of carboxylic acid groups (broad SMARTS) is 1. The third-order valence-electron chi connectivity index (χ3n) is 3.73. The van der Waals surface area contributed by atoms with Crippen molar-refractivity contribution < 1.29 is 19.4 Å². The van der Waals surface area contributed by atoms with Crippen LogP contribution in [-0.4, -0.2) is 25.3 Å². The molecule has 0 aromatic heterocycles. The Kier molecular flexibility index (Phi) is 3.57. The molecule has 0 amide bonds. The van der Waals surface area contributed by atoms with Crippen LogP contribution in [0.2, 0.25) is 0 Å². The molecule has 0 atom stereocenters. The largest absolute Gasteiger partial charge is 0.496 e. The Morgan fingerprint density at radius 1 is 1.39 bits per heavy atom. The van der Waals surface area contributed by atoms with Gasteiger partial charge >= 0.3 is 5.97 Å². The molecule has 4 nitrogen and oxygen atoms in total.